The van der Waals surface area contributed by atoms with E-state index in [1.807, 2.05) is 6.92 Å². The minimum absolute atomic E-state index is 0.0500. The predicted octanol–water partition coefficient (Wildman–Crippen LogP) is 2.99. The maximum Gasteiger partial charge on any atom is 0.273 e. The number of nitro benzene ring substituents is 1. The highest BCUT2D eigenvalue weighted by molar-refractivity contribution is 9.10. The van der Waals surface area contributed by atoms with Gasteiger partial charge in [-0.05, 0) is 28.9 Å². The van der Waals surface area contributed by atoms with E-state index in [4.69, 9.17) is 9.47 Å². The van der Waals surface area contributed by atoms with Crippen molar-refractivity contribution in [3.63, 3.8) is 0 Å². The van der Waals surface area contributed by atoms with E-state index in [2.05, 4.69) is 21.0 Å². The van der Waals surface area contributed by atoms with Gasteiger partial charge in [-0.25, -0.2) is 0 Å². The summed E-state index contributed by atoms with van der Waals surface area (Å²) in [6.45, 7) is 2.09. The van der Waals surface area contributed by atoms with Crippen molar-refractivity contribution in [3.8, 4) is 11.5 Å². The summed E-state index contributed by atoms with van der Waals surface area (Å²) in [5.74, 6) is 0.757. The van der Waals surface area contributed by atoms with Gasteiger partial charge in [0.25, 0.3) is 5.69 Å². The number of nitrogens with zero attached hydrogens (tertiary/aromatic N) is 3. The number of methoxy groups -OCH3 is 1. The van der Waals surface area contributed by atoms with E-state index in [0.717, 1.165) is 15.9 Å². The second kappa shape index (κ2) is 6.13. The Morgan fingerprint density at radius 1 is 1.43 bits per heavy atom. The average molecular weight is 356 g/mol. The highest BCUT2D eigenvalue weighted by atomic mass is 79.9. The molecule has 0 N–H and O–H groups in total. The number of halogens is 1. The molecule has 0 bridgehead atoms. The molecule has 1 aromatic carbocycles. The van der Waals surface area contributed by atoms with Crippen LogP contribution in [0, 0.1) is 17.0 Å². The summed E-state index contributed by atoms with van der Waals surface area (Å²) in [6, 6.07) is 4.22. The molecule has 0 saturated carbocycles. The summed E-state index contributed by atoms with van der Waals surface area (Å²) in [5, 5.41) is 15.1. The van der Waals surface area contributed by atoms with Crippen LogP contribution in [0.2, 0.25) is 0 Å². The summed E-state index contributed by atoms with van der Waals surface area (Å²) in [4.78, 5) is 10.4. The lowest BCUT2D eigenvalue weighted by Crippen LogP contribution is -2.04. The van der Waals surface area contributed by atoms with Gasteiger partial charge in [0.05, 0.1) is 34.0 Å². The van der Waals surface area contributed by atoms with Gasteiger partial charge in [0.1, 0.15) is 6.61 Å². The van der Waals surface area contributed by atoms with Crippen LogP contribution in [0.5, 0.6) is 11.5 Å². The fourth-order valence-electron chi connectivity index (χ4n) is 1.87. The van der Waals surface area contributed by atoms with Gasteiger partial charge in [-0.1, -0.05) is 0 Å². The third kappa shape index (κ3) is 3.15. The van der Waals surface area contributed by atoms with Gasteiger partial charge in [0, 0.05) is 13.1 Å². The molecule has 0 spiro atoms. The fraction of sp³-hybridized carbons (Fsp3) is 0.308. The SMILES string of the molecule is COc1ccc([N+](=O)[O-])cc1OCc1c(Br)c(C)nn1C. The van der Waals surface area contributed by atoms with E-state index in [0.29, 0.717) is 11.5 Å². The summed E-state index contributed by atoms with van der Waals surface area (Å²) < 4.78 is 13.4. The van der Waals surface area contributed by atoms with Crippen LogP contribution in [-0.4, -0.2) is 21.8 Å². The monoisotopic (exact) mass is 355 g/mol. The lowest BCUT2D eigenvalue weighted by molar-refractivity contribution is -0.385. The topological polar surface area (TPSA) is 79.4 Å². The third-order valence-electron chi connectivity index (χ3n) is 2.98. The molecule has 1 aromatic heterocycles. The Labute approximate surface area is 129 Å². The van der Waals surface area contributed by atoms with Crippen molar-refractivity contribution >= 4 is 21.6 Å². The first-order chi connectivity index (χ1) is 9.93. The van der Waals surface area contributed by atoms with Crippen LogP contribution >= 0.6 is 15.9 Å². The number of rotatable bonds is 5. The van der Waals surface area contributed by atoms with Crippen LogP contribution in [0.15, 0.2) is 22.7 Å². The fourth-order valence-corrected chi connectivity index (χ4v) is 2.33. The first kappa shape index (κ1) is 15.3. The number of benzene rings is 1. The van der Waals surface area contributed by atoms with E-state index in [9.17, 15) is 10.1 Å². The quantitative estimate of drug-likeness (QED) is 0.608. The van der Waals surface area contributed by atoms with Crippen molar-refractivity contribution in [2.75, 3.05) is 7.11 Å². The Balaban J connectivity index is 2.26. The zero-order chi connectivity index (χ0) is 15.6. The van der Waals surface area contributed by atoms with Crippen LogP contribution in [0.3, 0.4) is 0 Å². The van der Waals surface area contributed by atoms with E-state index in [1.165, 1.54) is 25.3 Å². The molecule has 0 radical (unpaired) electrons. The third-order valence-corrected chi connectivity index (χ3v) is 4.02. The molecule has 1 heterocycles. The van der Waals surface area contributed by atoms with Crippen molar-refractivity contribution in [1.82, 2.24) is 9.78 Å². The zero-order valence-corrected chi connectivity index (χ0v) is 13.4. The van der Waals surface area contributed by atoms with Crippen LogP contribution in [0.1, 0.15) is 11.4 Å². The van der Waals surface area contributed by atoms with Gasteiger partial charge < -0.3 is 9.47 Å². The van der Waals surface area contributed by atoms with Gasteiger partial charge in [0.15, 0.2) is 11.5 Å². The summed E-state index contributed by atoms with van der Waals surface area (Å²) in [5.41, 5.74) is 1.63. The molecule has 0 unspecified atom stereocenters. The number of hydrogen-bond acceptors (Lipinski definition) is 5. The molecule has 8 heteroatoms. The highest BCUT2D eigenvalue weighted by Gasteiger charge is 2.15. The number of hydrogen-bond donors (Lipinski definition) is 0. The van der Waals surface area contributed by atoms with Gasteiger partial charge >= 0.3 is 0 Å². The van der Waals surface area contributed by atoms with Crippen LogP contribution in [-0.2, 0) is 13.7 Å². The Kier molecular flexibility index (Phi) is 4.46. The number of non-ortho nitro benzene ring substituents is 1. The second-order valence-corrected chi connectivity index (χ2v) is 5.14. The molecular formula is C13H14BrN3O4. The molecule has 21 heavy (non-hydrogen) atoms. The maximum atomic E-state index is 10.8. The molecule has 7 nitrogen and oxygen atoms in total. The molecular weight excluding hydrogens is 342 g/mol. The number of aryl methyl sites for hydroxylation is 2. The minimum Gasteiger partial charge on any atom is -0.493 e. The molecule has 0 atom stereocenters. The number of aromatic nitrogens is 2. The lowest BCUT2D eigenvalue weighted by Gasteiger charge is -2.10. The number of nitro groups is 1. The van der Waals surface area contributed by atoms with Gasteiger partial charge in [-0.3, -0.25) is 14.8 Å². The molecule has 0 fully saturated rings. The van der Waals surface area contributed by atoms with Crippen molar-refractivity contribution in [3.05, 3.63) is 44.2 Å². The molecule has 2 rings (SSSR count). The van der Waals surface area contributed by atoms with E-state index < -0.39 is 4.92 Å². The van der Waals surface area contributed by atoms with E-state index >= 15 is 0 Å². The molecule has 112 valence electrons. The standard InChI is InChI=1S/C13H14BrN3O4/c1-8-13(14)10(16(2)15-8)7-21-12-6-9(17(18)19)4-5-11(12)20-3/h4-6H,7H2,1-3H3. The molecule has 0 aliphatic rings. The summed E-state index contributed by atoms with van der Waals surface area (Å²) >= 11 is 3.45. The summed E-state index contributed by atoms with van der Waals surface area (Å²) in [6.07, 6.45) is 0. The number of ether oxygens (including phenoxy) is 2. The van der Waals surface area contributed by atoms with Crippen LogP contribution in [0.25, 0.3) is 0 Å². The normalized spacial score (nSPS) is 10.5. The molecule has 0 amide bonds. The first-order valence-corrected chi connectivity index (χ1v) is 6.86. The van der Waals surface area contributed by atoms with E-state index in [-0.39, 0.29) is 12.3 Å². The molecule has 0 saturated heterocycles. The zero-order valence-electron chi connectivity index (χ0n) is 11.8. The van der Waals surface area contributed by atoms with Gasteiger partial charge in [0.2, 0.25) is 0 Å². The van der Waals surface area contributed by atoms with Crippen LogP contribution in [0.4, 0.5) is 5.69 Å². The van der Waals surface area contributed by atoms with Crippen molar-refractivity contribution in [2.45, 2.75) is 13.5 Å². The smallest absolute Gasteiger partial charge is 0.273 e. The Morgan fingerprint density at radius 3 is 2.67 bits per heavy atom. The highest BCUT2D eigenvalue weighted by Crippen LogP contribution is 2.32. The average Bonchev–Trinajstić information content (AvgIpc) is 2.69. The van der Waals surface area contributed by atoms with E-state index in [1.54, 1.807) is 11.7 Å². The lowest BCUT2D eigenvalue weighted by atomic mass is 10.3. The molecule has 0 aliphatic carbocycles. The van der Waals surface area contributed by atoms with Crippen molar-refractivity contribution in [1.29, 1.82) is 0 Å². The first-order valence-electron chi connectivity index (χ1n) is 6.07. The molecule has 0 aliphatic heterocycles. The summed E-state index contributed by atoms with van der Waals surface area (Å²) in [7, 11) is 3.29. The Bertz CT molecular complexity index is 684. The van der Waals surface area contributed by atoms with Gasteiger partial charge in [-0.15, -0.1) is 0 Å². The minimum atomic E-state index is -0.476. The van der Waals surface area contributed by atoms with Crippen LogP contribution < -0.4 is 9.47 Å². The molecule has 2 aromatic rings. The largest absolute Gasteiger partial charge is 0.493 e. The van der Waals surface area contributed by atoms with Crippen molar-refractivity contribution in [2.24, 2.45) is 7.05 Å². The maximum absolute atomic E-state index is 10.8. The van der Waals surface area contributed by atoms with Gasteiger partial charge in [-0.2, -0.15) is 5.10 Å². The second-order valence-electron chi connectivity index (χ2n) is 4.35. The Morgan fingerprint density at radius 2 is 2.14 bits per heavy atom. The Hall–Kier alpha value is -2.09. The predicted molar refractivity (Wildman–Crippen MR) is 79.6 cm³/mol. The van der Waals surface area contributed by atoms with Crippen molar-refractivity contribution < 1.29 is 14.4 Å².